The molecule has 1 fully saturated rings. The molecule has 7 nitrogen and oxygen atoms in total. The number of benzene rings is 2. The lowest BCUT2D eigenvalue weighted by Crippen LogP contribution is -2.22. The van der Waals surface area contributed by atoms with Crippen LogP contribution < -0.4 is 10.1 Å². The third-order valence-electron chi connectivity index (χ3n) is 5.50. The number of ether oxygens (including phenoxy) is 1. The van der Waals surface area contributed by atoms with Gasteiger partial charge in [-0.25, -0.2) is 0 Å². The van der Waals surface area contributed by atoms with Gasteiger partial charge in [-0.05, 0) is 56.1 Å². The second-order valence-electron chi connectivity index (χ2n) is 7.99. The van der Waals surface area contributed by atoms with E-state index < -0.39 is 0 Å². The Morgan fingerprint density at radius 1 is 1.09 bits per heavy atom. The topological polar surface area (TPSA) is 72.3 Å². The van der Waals surface area contributed by atoms with Gasteiger partial charge in [-0.3, -0.25) is 9.69 Å². The van der Waals surface area contributed by atoms with Gasteiger partial charge in [0.1, 0.15) is 11.6 Å². The van der Waals surface area contributed by atoms with Gasteiger partial charge in [0.15, 0.2) is 5.16 Å². The van der Waals surface area contributed by atoms with E-state index in [4.69, 9.17) is 4.74 Å². The Balaban J connectivity index is 1.47. The minimum atomic E-state index is -0.103. The fourth-order valence-electron chi connectivity index (χ4n) is 3.84. The monoisotopic (exact) mass is 451 g/mol. The first-order chi connectivity index (χ1) is 15.6. The highest BCUT2D eigenvalue weighted by Gasteiger charge is 2.19. The molecule has 4 rings (SSSR count). The summed E-state index contributed by atoms with van der Waals surface area (Å²) in [5.74, 6) is 1.73. The highest BCUT2D eigenvalue weighted by Crippen LogP contribution is 2.26. The van der Waals surface area contributed by atoms with Crippen LogP contribution in [0, 0.1) is 6.92 Å². The number of carbonyl (C=O) groups is 1. The Bertz CT molecular complexity index is 1050. The van der Waals surface area contributed by atoms with Crippen LogP contribution >= 0.6 is 11.8 Å². The zero-order valence-corrected chi connectivity index (χ0v) is 19.4. The van der Waals surface area contributed by atoms with E-state index in [2.05, 4.69) is 37.1 Å². The molecule has 1 N–H and O–H groups in total. The summed E-state index contributed by atoms with van der Waals surface area (Å²) < 4.78 is 7.50. The van der Waals surface area contributed by atoms with Crippen molar-refractivity contribution >= 4 is 23.4 Å². The maximum atomic E-state index is 12.7. The Morgan fingerprint density at radius 2 is 1.88 bits per heavy atom. The van der Waals surface area contributed by atoms with Crippen molar-refractivity contribution in [2.45, 2.75) is 38.0 Å². The maximum Gasteiger partial charge on any atom is 0.234 e. The van der Waals surface area contributed by atoms with Gasteiger partial charge in [0.2, 0.25) is 5.91 Å². The summed E-state index contributed by atoms with van der Waals surface area (Å²) in [7, 11) is 1.60. The lowest BCUT2D eigenvalue weighted by atomic mass is 10.2. The molecule has 0 atom stereocenters. The van der Waals surface area contributed by atoms with Crippen molar-refractivity contribution in [3.8, 4) is 5.75 Å². The standard InChI is InChI=1S/C24H29N5O2S/c1-18-10-11-21(31-2)20(14-18)25-23(30)17-32-24-27-26-22(16-28-12-6-7-13-28)29(24)15-19-8-4-3-5-9-19/h3-5,8-11,14H,6-7,12-13,15-17H2,1-2H3,(H,25,30). The van der Waals surface area contributed by atoms with Gasteiger partial charge in [0.05, 0.1) is 31.6 Å². The third-order valence-corrected chi connectivity index (χ3v) is 6.47. The van der Waals surface area contributed by atoms with Gasteiger partial charge in [0.25, 0.3) is 0 Å². The molecule has 2 heterocycles. The number of amides is 1. The molecule has 168 valence electrons. The Labute approximate surface area is 193 Å². The van der Waals surface area contributed by atoms with Gasteiger partial charge in [0, 0.05) is 0 Å². The average Bonchev–Trinajstić information content (AvgIpc) is 3.44. The van der Waals surface area contributed by atoms with Crippen LogP contribution in [0.4, 0.5) is 5.69 Å². The van der Waals surface area contributed by atoms with E-state index in [9.17, 15) is 4.79 Å². The second kappa shape index (κ2) is 10.7. The van der Waals surface area contributed by atoms with Crippen LogP contribution in [0.2, 0.25) is 0 Å². The molecule has 8 heteroatoms. The van der Waals surface area contributed by atoms with E-state index >= 15 is 0 Å². The zero-order chi connectivity index (χ0) is 22.3. The molecular formula is C24H29N5O2S. The lowest BCUT2D eigenvalue weighted by molar-refractivity contribution is -0.113. The first kappa shape index (κ1) is 22.4. The molecule has 0 bridgehead atoms. The molecule has 0 spiro atoms. The number of nitrogens with zero attached hydrogens (tertiary/aromatic N) is 4. The van der Waals surface area contributed by atoms with Crippen LogP contribution in [-0.4, -0.2) is 51.5 Å². The number of likely N-dealkylation sites (tertiary alicyclic amines) is 1. The smallest absolute Gasteiger partial charge is 0.234 e. The minimum Gasteiger partial charge on any atom is -0.495 e. The summed E-state index contributed by atoms with van der Waals surface area (Å²) in [6.45, 7) is 5.65. The van der Waals surface area contributed by atoms with Crippen molar-refractivity contribution in [1.82, 2.24) is 19.7 Å². The lowest BCUT2D eigenvalue weighted by Gasteiger charge is -2.16. The van der Waals surface area contributed by atoms with E-state index in [0.29, 0.717) is 18.0 Å². The van der Waals surface area contributed by atoms with E-state index in [1.54, 1.807) is 7.11 Å². The molecule has 1 aromatic heterocycles. The molecule has 1 saturated heterocycles. The number of methoxy groups -OCH3 is 1. The van der Waals surface area contributed by atoms with Crippen LogP contribution in [-0.2, 0) is 17.9 Å². The van der Waals surface area contributed by atoms with Gasteiger partial charge in [-0.1, -0.05) is 48.2 Å². The summed E-state index contributed by atoms with van der Waals surface area (Å²) in [5.41, 5.74) is 2.92. The summed E-state index contributed by atoms with van der Waals surface area (Å²) in [5, 5.41) is 12.6. The van der Waals surface area contributed by atoms with Crippen LogP contribution in [0.25, 0.3) is 0 Å². The summed E-state index contributed by atoms with van der Waals surface area (Å²) in [4.78, 5) is 15.1. The maximum absolute atomic E-state index is 12.7. The highest BCUT2D eigenvalue weighted by atomic mass is 32.2. The SMILES string of the molecule is COc1ccc(C)cc1NC(=O)CSc1nnc(CN2CCCC2)n1Cc1ccccc1. The van der Waals surface area contributed by atoms with E-state index in [-0.39, 0.29) is 11.7 Å². The number of hydrogen-bond acceptors (Lipinski definition) is 6. The molecule has 2 aromatic carbocycles. The van der Waals surface area contributed by atoms with Crippen LogP contribution in [0.3, 0.4) is 0 Å². The largest absolute Gasteiger partial charge is 0.495 e. The minimum absolute atomic E-state index is 0.103. The zero-order valence-electron chi connectivity index (χ0n) is 18.6. The Hall–Kier alpha value is -2.84. The van der Waals surface area contributed by atoms with Crippen LogP contribution in [0.5, 0.6) is 5.75 Å². The van der Waals surface area contributed by atoms with Crippen molar-refractivity contribution < 1.29 is 9.53 Å². The molecule has 1 aliphatic rings. The molecule has 3 aromatic rings. The summed E-state index contributed by atoms with van der Waals surface area (Å²) in [6, 6.07) is 16.0. The van der Waals surface area contributed by atoms with Crippen molar-refractivity contribution in [1.29, 1.82) is 0 Å². The normalized spacial score (nSPS) is 13.9. The number of carbonyl (C=O) groups excluding carboxylic acids is 1. The van der Waals surface area contributed by atoms with Gasteiger partial charge < -0.3 is 14.6 Å². The van der Waals surface area contributed by atoms with Crippen molar-refractivity contribution in [2.75, 3.05) is 31.3 Å². The number of aryl methyl sites for hydroxylation is 1. The quantitative estimate of drug-likeness (QED) is 0.497. The second-order valence-corrected chi connectivity index (χ2v) is 8.94. The summed E-state index contributed by atoms with van der Waals surface area (Å²) in [6.07, 6.45) is 2.47. The Morgan fingerprint density at radius 3 is 2.62 bits per heavy atom. The number of aromatic nitrogens is 3. The number of rotatable bonds is 9. The molecule has 0 radical (unpaired) electrons. The fourth-order valence-corrected chi connectivity index (χ4v) is 4.60. The molecule has 0 saturated carbocycles. The highest BCUT2D eigenvalue weighted by molar-refractivity contribution is 7.99. The van der Waals surface area contributed by atoms with Gasteiger partial charge in [-0.15, -0.1) is 10.2 Å². The molecule has 0 unspecified atom stereocenters. The number of hydrogen-bond donors (Lipinski definition) is 1. The van der Waals surface area contributed by atoms with Crippen LogP contribution in [0.1, 0.15) is 29.8 Å². The van der Waals surface area contributed by atoms with Gasteiger partial charge >= 0.3 is 0 Å². The Kier molecular flexibility index (Phi) is 7.44. The van der Waals surface area contributed by atoms with E-state index in [1.807, 2.05) is 43.3 Å². The van der Waals surface area contributed by atoms with E-state index in [1.165, 1.54) is 30.2 Å². The van der Waals surface area contributed by atoms with Crippen molar-refractivity contribution in [3.05, 3.63) is 65.5 Å². The van der Waals surface area contributed by atoms with Crippen molar-refractivity contribution in [3.63, 3.8) is 0 Å². The van der Waals surface area contributed by atoms with E-state index in [0.717, 1.165) is 36.2 Å². The predicted molar refractivity (Wildman–Crippen MR) is 127 cm³/mol. The number of nitrogens with one attached hydrogen (secondary N) is 1. The number of anilines is 1. The first-order valence-corrected chi connectivity index (χ1v) is 11.9. The molecular weight excluding hydrogens is 422 g/mol. The van der Waals surface area contributed by atoms with Gasteiger partial charge in [-0.2, -0.15) is 0 Å². The summed E-state index contributed by atoms with van der Waals surface area (Å²) >= 11 is 1.41. The molecule has 1 aliphatic heterocycles. The molecule has 0 aliphatic carbocycles. The predicted octanol–water partition coefficient (Wildman–Crippen LogP) is 3.97. The van der Waals surface area contributed by atoms with Crippen LogP contribution in [0.15, 0.2) is 53.7 Å². The third kappa shape index (κ3) is 5.69. The molecule has 1 amide bonds. The first-order valence-electron chi connectivity index (χ1n) is 10.9. The molecule has 32 heavy (non-hydrogen) atoms. The average molecular weight is 452 g/mol. The number of thioether (sulfide) groups is 1. The fraction of sp³-hybridized carbons (Fsp3) is 0.375. The van der Waals surface area contributed by atoms with Crippen molar-refractivity contribution in [2.24, 2.45) is 0 Å².